The molecule has 0 heterocycles. The van der Waals surface area contributed by atoms with E-state index in [-0.39, 0.29) is 5.56 Å². The SMILES string of the molecule is O=C(S)c1cccc(OC(F)(F)C(F)F)c1. The summed E-state index contributed by atoms with van der Waals surface area (Å²) in [5.41, 5.74) is -0.0223. The second-order valence-corrected chi connectivity index (χ2v) is 3.20. The average Bonchev–Trinajstić information content (AvgIpc) is 2.17. The molecule has 0 aliphatic carbocycles. The fourth-order valence-corrected chi connectivity index (χ4v) is 1.03. The summed E-state index contributed by atoms with van der Waals surface area (Å²) in [6.45, 7) is 0. The van der Waals surface area contributed by atoms with E-state index < -0.39 is 23.4 Å². The van der Waals surface area contributed by atoms with Gasteiger partial charge in [0.1, 0.15) is 5.75 Å². The molecule has 0 amide bonds. The van der Waals surface area contributed by atoms with Gasteiger partial charge in [0.2, 0.25) is 5.12 Å². The van der Waals surface area contributed by atoms with E-state index in [4.69, 9.17) is 0 Å². The number of thiol groups is 1. The summed E-state index contributed by atoms with van der Waals surface area (Å²) in [5, 5.41) is -0.675. The van der Waals surface area contributed by atoms with Crippen molar-refractivity contribution in [2.24, 2.45) is 0 Å². The zero-order valence-electron chi connectivity index (χ0n) is 7.66. The predicted octanol–water partition coefficient (Wildman–Crippen LogP) is 2.99. The molecule has 0 saturated heterocycles. The van der Waals surface area contributed by atoms with Crippen LogP contribution < -0.4 is 4.74 Å². The molecule has 0 aliphatic rings. The second kappa shape index (κ2) is 4.73. The van der Waals surface area contributed by atoms with Crippen LogP contribution in [0, 0.1) is 0 Å². The second-order valence-electron chi connectivity index (χ2n) is 2.80. The van der Waals surface area contributed by atoms with E-state index in [2.05, 4.69) is 17.4 Å². The molecule has 0 spiro atoms. The minimum atomic E-state index is -4.59. The van der Waals surface area contributed by atoms with E-state index in [1.807, 2.05) is 0 Å². The molecule has 0 radical (unpaired) electrons. The van der Waals surface area contributed by atoms with Gasteiger partial charge in [0.25, 0.3) is 0 Å². The van der Waals surface area contributed by atoms with Gasteiger partial charge in [-0.15, -0.1) is 12.6 Å². The Labute approximate surface area is 93.6 Å². The van der Waals surface area contributed by atoms with Crippen LogP contribution in [0.1, 0.15) is 10.4 Å². The van der Waals surface area contributed by atoms with E-state index in [0.717, 1.165) is 12.1 Å². The Kier molecular flexibility index (Phi) is 3.79. The van der Waals surface area contributed by atoms with Crippen molar-refractivity contribution in [1.29, 1.82) is 0 Å². The average molecular weight is 254 g/mol. The Morgan fingerprint density at radius 3 is 2.50 bits per heavy atom. The van der Waals surface area contributed by atoms with Gasteiger partial charge < -0.3 is 4.74 Å². The number of rotatable bonds is 4. The highest BCUT2D eigenvalue weighted by atomic mass is 32.1. The molecule has 0 atom stereocenters. The molecule has 7 heteroatoms. The lowest BCUT2D eigenvalue weighted by molar-refractivity contribution is -0.253. The summed E-state index contributed by atoms with van der Waals surface area (Å²) < 4.78 is 52.4. The maximum atomic E-state index is 12.5. The van der Waals surface area contributed by atoms with Crippen LogP contribution in [0.5, 0.6) is 5.75 Å². The summed E-state index contributed by atoms with van der Waals surface area (Å²) >= 11 is 3.46. The molecule has 0 fully saturated rings. The Hall–Kier alpha value is -1.24. The van der Waals surface area contributed by atoms with Crippen molar-refractivity contribution in [3.8, 4) is 5.75 Å². The number of alkyl halides is 4. The molecule has 0 aliphatic heterocycles. The molecule has 0 unspecified atom stereocenters. The largest absolute Gasteiger partial charge is 0.461 e. The maximum Gasteiger partial charge on any atom is 0.461 e. The number of halogens is 4. The highest BCUT2D eigenvalue weighted by Gasteiger charge is 2.43. The predicted molar refractivity (Wildman–Crippen MR) is 51.3 cm³/mol. The van der Waals surface area contributed by atoms with Crippen LogP contribution >= 0.6 is 12.6 Å². The van der Waals surface area contributed by atoms with Crippen molar-refractivity contribution in [3.63, 3.8) is 0 Å². The minimum Gasteiger partial charge on any atom is -0.428 e. The molecule has 0 aromatic heterocycles. The fraction of sp³-hybridized carbons (Fsp3) is 0.222. The highest BCUT2D eigenvalue weighted by molar-refractivity contribution is 7.97. The van der Waals surface area contributed by atoms with Crippen LogP contribution in [-0.4, -0.2) is 17.6 Å². The molecule has 1 aromatic rings. The summed E-state index contributed by atoms with van der Waals surface area (Å²) in [6, 6.07) is 4.46. The molecule has 0 saturated carbocycles. The Balaban J connectivity index is 2.90. The van der Waals surface area contributed by atoms with Gasteiger partial charge in [-0.3, -0.25) is 4.79 Å². The standard InChI is InChI=1S/C9H6F4O2S/c10-8(11)9(12,13)15-6-3-1-2-5(4-6)7(14)16/h1-4,8H,(H,14,16). The van der Waals surface area contributed by atoms with E-state index >= 15 is 0 Å². The zero-order chi connectivity index (χ0) is 12.3. The van der Waals surface area contributed by atoms with E-state index in [9.17, 15) is 22.4 Å². The van der Waals surface area contributed by atoms with Gasteiger partial charge in [0.15, 0.2) is 0 Å². The molecule has 88 valence electrons. The van der Waals surface area contributed by atoms with Crippen LogP contribution in [0.2, 0.25) is 0 Å². The van der Waals surface area contributed by atoms with E-state index in [1.54, 1.807) is 0 Å². The monoisotopic (exact) mass is 254 g/mol. The normalized spacial score (nSPS) is 11.6. The first kappa shape index (κ1) is 12.8. The van der Waals surface area contributed by atoms with Gasteiger partial charge in [-0.2, -0.15) is 17.6 Å². The Bertz CT molecular complexity index is 395. The Morgan fingerprint density at radius 1 is 1.38 bits per heavy atom. The first-order chi connectivity index (χ1) is 7.33. The van der Waals surface area contributed by atoms with Crippen molar-refractivity contribution < 1.29 is 27.1 Å². The van der Waals surface area contributed by atoms with Crippen molar-refractivity contribution >= 4 is 17.7 Å². The lowest BCUT2D eigenvalue weighted by atomic mass is 10.2. The van der Waals surface area contributed by atoms with Gasteiger partial charge in [-0.1, -0.05) is 12.1 Å². The molecule has 0 N–H and O–H groups in total. The first-order valence-corrected chi connectivity index (χ1v) is 4.46. The van der Waals surface area contributed by atoms with Gasteiger partial charge >= 0.3 is 12.5 Å². The van der Waals surface area contributed by atoms with Crippen molar-refractivity contribution in [1.82, 2.24) is 0 Å². The number of hydrogen-bond donors (Lipinski definition) is 1. The lowest BCUT2D eigenvalue weighted by Crippen LogP contribution is -2.33. The highest BCUT2D eigenvalue weighted by Crippen LogP contribution is 2.27. The first-order valence-electron chi connectivity index (χ1n) is 4.01. The minimum absolute atomic E-state index is 0.0223. The van der Waals surface area contributed by atoms with Crippen LogP contribution in [0.15, 0.2) is 24.3 Å². The maximum absolute atomic E-state index is 12.5. The molecule has 2 nitrogen and oxygen atoms in total. The fourth-order valence-electron chi connectivity index (χ4n) is 0.894. The summed E-state index contributed by atoms with van der Waals surface area (Å²) in [6.07, 6.45) is -8.53. The van der Waals surface area contributed by atoms with Crippen molar-refractivity contribution in [2.75, 3.05) is 0 Å². The number of carbonyl (C=O) groups is 1. The third-order valence-electron chi connectivity index (χ3n) is 1.59. The number of carbonyl (C=O) groups excluding carboxylic acids is 1. The quantitative estimate of drug-likeness (QED) is 0.660. The van der Waals surface area contributed by atoms with Gasteiger partial charge in [0, 0.05) is 5.56 Å². The number of hydrogen-bond acceptors (Lipinski definition) is 2. The van der Waals surface area contributed by atoms with Crippen LogP contribution in [0.4, 0.5) is 17.6 Å². The third-order valence-corrected chi connectivity index (χ3v) is 1.85. The van der Waals surface area contributed by atoms with Gasteiger partial charge in [-0.05, 0) is 12.1 Å². The summed E-state index contributed by atoms with van der Waals surface area (Å²) in [5.74, 6) is -0.523. The van der Waals surface area contributed by atoms with Crippen molar-refractivity contribution in [2.45, 2.75) is 12.5 Å². The van der Waals surface area contributed by atoms with Crippen LogP contribution in [-0.2, 0) is 0 Å². The summed E-state index contributed by atoms with van der Waals surface area (Å²) in [4.78, 5) is 10.8. The smallest absolute Gasteiger partial charge is 0.428 e. The Morgan fingerprint density at radius 2 is 2.00 bits per heavy atom. The van der Waals surface area contributed by atoms with Crippen LogP contribution in [0.3, 0.4) is 0 Å². The van der Waals surface area contributed by atoms with Gasteiger partial charge in [0.05, 0.1) is 0 Å². The van der Waals surface area contributed by atoms with Crippen molar-refractivity contribution in [3.05, 3.63) is 29.8 Å². The van der Waals surface area contributed by atoms with Crippen LogP contribution in [0.25, 0.3) is 0 Å². The molecule has 1 aromatic carbocycles. The molecule has 1 rings (SSSR count). The summed E-state index contributed by atoms with van der Waals surface area (Å²) in [7, 11) is 0. The molecular formula is C9H6F4O2S. The van der Waals surface area contributed by atoms with E-state index in [0.29, 0.717) is 0 Å². The van der Waals surface area contributed by atoms with E-state index in [1.165, 1.54) is 12.1 Å². The zero-order valence-corrected chi connectivity index (χ0v) is 8.56. The number of ether oxygens (including phenoxy) is 1. The number of benzene rings is 1. The molecule has 0 bridgehead atoms. The topological polar surface area (TPSA) is 26.3 Å². The molecular weight excluding hydrogens is 248 g/mol. The molecule has 16 heavy (non-hydrogen) atoms. The third kappa shape index (κ3) is 3.13. The lowest BCUT2D eigenvalue weighted by Gasteiger charge is -2.16. The van der Waals surface area contributed by atoms with Gasteiger partial charge in [-0.25, -0.2) is 0 Å².